The zero-order valence-electron chi connectivity index (χ0n) is 14.0. The molecule has 1 unspecified atom stereocenters. The molecule has 1 fully saturated rings. The first-order chi connectivity index (χ1) is 10.2. The number of piperidine rings is 1. The number of rotatable bonds is 7. The average Bonchev–Trinajstić information content (AvgIpc) is 2.51. The lowest BCUT2D eigenvalue weighted by Crippen LogP contribution is -2.48. The maximum Gasteiger partial charge on any atom is 0.310 e. The highest BCUT2D eigenvalue weighted by Crippen LogP contribution is 2.18. The van der Waals surface area contributed by atoms with E-state index < -0.39 is 0 Å². The van der Waals surface area contributed by atoms with Crippen LogP contribution in [0.3, 0.4) is 0 Å². The van der Waals surface area contributed by atoms with Crippen molar-refractivity contribution in [1.29, 1.82) is 0 Å². The summed E-state index contributed by atoms with van der Waals surface area (Å²) in [6.07, 6.45) is 6.43. The van der Waals surface area contributed by atoms with Gasteiger partial charge >= 0.3 is 5.97 Å². The van der Waals surface area contributed by atoms with E-state index in [1.165, 1.54) is 12.2 Å². The van der Waals surface area contributed by atoms with Crippen LogP contribution >= 0.6 is 35.7 Å². The Kier molecular flexibility index (Phi) is 13.2. The molecule has 0 aromatic carbocycles. The number of hydrogen-bond donors (Lipinski definition) is 1. The molecule has 0 saturated carbocycles. The second kappa shape index (κ2) is 13.3. The second-order valence-electron chi connectivity index (χ2n) is 5.21. The first kappa shape index (κ1) is 21.8. The van der Waals surface area contributed by atoms with Crippen LogP contribution in [-0.2, 0) is 9.53 Å². The van der Waals surface area contributed by atoms with E-state index in [2.05, 4.69) is 21.5 Å². The number of guanidine groups is 1. The fraction of sp³-hybridized carbons (Fsp3) is 0.867. The Bertz CT molecular complexity index is 343. The Labute approximate surface area is 156 Å². The predicted molar refractivity (Wildman–Crippen MR) is 105 cm³/mol. The molecule has 0 aliphatic carbocycles. The van der Waals surface area contributed by atoms with Gasteiger partial charge in [0.15, 0.2) is 5.96 Å². The number of esters is 1. The van der Waals surface area contributed by atoms with E-state index in [9.17, 15) is 4.79 Å². The van der Waals surface area contributed by atoms with Gasteiger partial charge in [0, 0.05) is 26.7 Å². The van der Waals surface area contributed by atoms with E-state index in [1.54, 1.807) is 7.05 Å². The standard InChI is InChI=1S/C15H29N3O2S.HI/c1-4-20-14(19)13-8-7-10-18(12-13)15(16-2)17-9-5-6-11-21-3;/h13H,4-12H2,1-3H3,(H,16,17);1H. The number of nitrogens with one attached hydrogen (secondary N) is 1. The molecule has 1 aliphatic rings. The lowest BCUT2D eigenvalue weighted by atomic mass is 9.98. The van der Waals surface area contributed by atoms with Gasteiger partial charge in [-0.25, -0.2) is 0 Å². The van der Waals surface area contributed by atoms with Crippen LogP contribution in [0.25, 0.3) is 0 Å². The number of ether oxygens (including phenoxy) is 1. The van der Waals surface area contributed by atoms with Crippen LogP contribution in [0.5, 0.6) is 0 Å². The normalized spacial score (nSPS) is 18.6. The molecular formula is C15H30IN3O2S. The first-order valence-electron chi connectivity index (χ1n) is 7.84. The largest absolute Gasteiger partial charge is 0.466 e. The molecule has 5 nitrogen and oxygen atoms in total. The number of carbonyl (C=O) groups excluding carboxylic acids is 1. The number of hydrogen-bond acceptors (Lipinski definition) is 4. The molecule has 22 heavy (non-hydrogen) atoms. The van der Waals surface area contributed by atoms with Gasteiger partial charge in [-0.1, -0.05) is 0 Å². The van der Waals surface area contributed by atoms with Crippen LogP contribution in [0.1, 0.15) is 32.6 Å². The third-order valence-electron chi connectivity index (χ3n) is 3.61. The summed E-state index contributed by atoms with van der Waals surface area (Å²) in [7, 11) is 1.80. The zero-order valence-corrected chi connectivity index (χ0v) is 17.1. The molecule has 1 N–H and O–H groups in total. The lowest BCUT2D eigenvalue weighted by Gasteiger charge is -2.33. The number of halogens is 1. The minimum atomic E-state index is -0.0716. The third kappa shape index (κ3) is 7.89. The Morgan fingerprint density at radius 3 is 2.86 bits per heavy atom. The fourth-order valence-electron chi connectivity index (χ4n) is 2.53. The van der Waals surface area contributed by atoms with Crippen molar-refractivity contribution in [3.63, 3.8) is 0 Å². The van der Waals surface area contributed by atoms with E-state index in [0.29, 0.717) is 13.2 Å². The van der Waals surface area contributed by atoms with E-state index in [4.69, 9.17) is 4.74 Å². The predicted octanol–water partition coefficient (Wildman–Crippen LogP) is 2.60. The lowest BCUT2D eigenvalue weighted by molar-refractivity contribution is -0.149. The molecule has 0 spiro atoms. The van der Waals surface area contributed by atoms with E-state index in [-0.39, 0.29) is 35.9 Å². The summed E-state index contributed by atoms with van der Waals surface area (Å²) < 4.78 is 5.14. The molecule has 1 atom stereocenters. The summed E-state index contributed by atoms with van der Waals surface area (Å²) in [5.41, 5.74) is 0. The van der Waals surface area contributed by atoms with Gasteiger partial charge in [0.1, 0.15) is 0 Å². The summed E-state index contributed by atoms with van der Waals surface area (Å²) in [6.45, 7) is 4.92. The highest BCUT2D eigenvalue weighted by molar-refractivity contribution is 14.0. The second-order valence-corrected chi connectivity index (χ2v) is 6.20. The molecular weight excluding hydrogens is 413 g/mol. The van der Waals surface area contributed by atoms with Gasteiger partial charge < -0.3 is 15.0 Å². The van der Waals surface area contributed by atoms with E-state index >= 15 is 0 Å². The molecule has 130 valence electrons. The van der Waals surface area contributed by atoms with Crippen molar-refractivity contribution in [2.45, 2.75) is 32.6 Å². The Hall–Kier alpha value is -0.180. The Balaban J connectivity index is 0.00000441. The first-order valence-corrected chi connectivity index (χ1v) is 9.23. The Morgan fingerprint density at radius 1 is 1.45 bits per heavy atom. The van der Waals surface area contributed by atoms with E-state index in [0.717, 1.165) is 38.3 Å². The number of aliphatic imine (C=N–C) groups is 1. The maximum atomic E-state index is 11.9. The molecule has 0 amide bonds. The number of nitrogens with zero attached hydrogens (tertiary/aromatic N) is 2. The van der Waals surface area contributed by atoms with Gasteiger partial charge in [-0.3, -0.25) is 9.79 Å². The zero-order chi connectivity index (χ0) is 15.5. The van der Waals surface area contributed by atoms with Crippen LogP contribution in [0, 0.1) is 5.92 Å². The average molecular weight is 443 g/mol. The van der Waals surface area contributed by atoms with Crippen molar-refractivity contribution in [3.05, 3.63) is 0 Å². The van der Waals surface area contributed by atoms with Gasteiger partial charge in [0.2, 0.25) is 0 Å². The highest BCUT2D eigenvalue weighted by Gasteiger charge is 2.28. The molecule has 0 bridgehead atoms. The van der Waals surface area contributed by atoms with Crippen molar-refractivity contribution >= 4 is 47.7 Å². The monoisotopic (exact) mass is 443 g/mol. The summed E-state index contributed by atoms with van der Waals surface area (Å²) >= 11 is 1.88. The van der Waals surface area contributed by atoms with Crippen molar-refractivity contribution in [3.8, 4) is 0 Å². The smallest absolute Gasteiger partial charge is 0.310 e. The van der Waals surface area contributed by atoms with Crippen molar-refractivity contribution < 1.29 is 9.53 Å². The summed E-state index contributed by atoms with van der Waals surface area (Å²) in [4.78, 5) is 18.4. The van der Waals surface area contributed by atoms with Gasteiger partial charge in [0.05, 0.1) is 12.5 Å². The molecule has 1 rings (SSSR count). The SMILES string of the molecule is CCOC(=O)C1CCCN(C(=NC)NCCCCSC)C1.I. The topological polar surface area (TPSA) is 53.9 Å². The molecule has 1 saturated heterocycles. The molecule has 7 heteroatoms. The maximum absolute atomic E-state index is 11.9. The van der Waals surface area contributed by atoms with Crippen LogP contribution < -0.4 is 5.32 Å². The van der Waals surface area contributed by atoms with E-state index in [1.807, 2.05) is 18.7 Å². The third-order valence-corrected chi connectivity index (χ3v) is 4.31. The minimum Gasteiger partial charge on any atom is -0.466 e. The number of likely N-dealkylation sites (tertiary alicyclic amines) is 1. The quantitative estimate of drug-likeness (QED) is 0.216. The molecule has 0 aromatic rings. The summed E-state index contributed by atoms with van der Waals surface area (Å²) in [6, 6.07) is 0. The molecule has 1 aliphatic heterocycles. The molecule has 1 heterocycles. The van der Waals surface area contributed by atoms with Gasteiger partial charge in [-0.15, -0.1) is 24.0 Å². The number of thioether (sulfide) groups is 1. The van der Waals surface area contributed by atoms with Gasteiger partial charge in [-0.05, 0) is 44.6 Å². The molecule has 0 aromatic heterocycles. The number of unbranched alkanes of at least 4 members (excludes halogenated alkanes) is 1. The Morgan fingerprint density at radius 2 is 2.23 bits per heavy atom. The van der Waals surface area contributed by atoms with Crippen molar-refractivity contribution in [2.75, 3.05) is 45.3 Å². The molecule has 0 radical (unpaired) electrons. The summed E-state index contributed by atoms with van der Waals surface area (Å²) in [5, 5.41) is 3.40. The van der Waals surface area contributed by atoms with Crippen LogP contribution in [0.2, 0.25) is 0 Å². The van der Waals surface area contributed by atoms with Gasteiger partial charge in [-0.2, -0.15) is 11.8 Å². The highest BCUT2D eigenvalue weighted by atomic mass is 127. The minimum absolute atomic E-state index is 0. The summed E-state index contributed by atoms with van der Waals surface area (Å²) in [5.74, 6) is 2.02. The fourth-order valence-corrected chi connectivity index (χ4v) is 3.02. The van der Waals surface area contributed by atoms with Crippen LogP contribution in [-0.4, -0.2) is 62.1 Å². The van der Waals surface area contributed by atoms with Crippen LogP contribution in [0.4, 0.5) is 0 Å². The van der Waals surface area contributed by atoms with Gasteiger partial charge in [0.25, 0.3) is 0 Å². The number of carbonyl (C=O) groups is 1. The van der Waals surface area contributed by atoms with Crippen LogP contribution in [0.15, 0.2) is 4.99 Å². The van der Waals surface area contributed by atoms with Crippen molar-refractivity contribution in [1.82, 2.24) is 10.2 Å². The van der Waals surface area contributed by atoms with Crippen molar-refractivity contribution in [2.24, 2.45) is 10.9 Å².